The summed E-state index contributed by atoms with van der Waals surface area (Å²) in [6, 6.07) is 8.09. The van der Waals surface area contributed by atoms with Gasteiger partial charge >= 0.3 is 0 Å². The summed E-state index contributed by atoms with van der Waals surface area (Å²) >= 11 is 0. The lowest BCUT2D eigenvalue weighted by Gasteiger charge is -2.21. The third-order valence-electron chi connectivity index (χ3n) is 4.40. The Hall–Kier alpha value is -1.02. The van der Waals surface area contributed by atoms with E-state index in [9.17, 15) is 5.11 Å². The Morgan fingerprint density at radius 1 is 0.895 bits per heavy atom. The van der Waals surface area contributed by atoms with Crippen LogP contribution in [0, 0.1) is 5.92 Å². The highest BCUT2D eigenvalue weighted by molar-refractivity contribution is 5.29. The molecule has 0 spiro atoms. The van der Waals surface area contributed by atoms with E-state index < -0.39 is 0 Å². The molecular formula is C17H24O2. The highest BCUT2D eigenvalue weighted by Crippen LogP contribution is 2.34. The maximum absolute atomic E-state index is 10.5. The van der Waals surface area contributed by atoms with Gasteiger partial charge in [-0.25, -0.2) is 0 Å². The number of hydrogen-bond acceptors (Lipinski definition) is 2. The van der Waals surface area contributed by atoms with Crippen LogP contribution in [0.1, 0.15) is 63.0 Å². The Morgan fingerprint density at radius 3 is 2.11 bits per heavy atom. The summed E-state index contributed by atoms with van der Waals surface area (Å²) in [5, 5.41) is 10.5. The number of benzene rings is 1. The molecule has 0 saturated heterocycles. The molecule has 1 atom stereocenters. The van der Waals surface area contributed by atoms with Crippen LogP contribution in [-0.4, -0.2) is 11.2 Å². The molecule has 0 aromatic heterocycles. The molecule has 0 heterocycles. The van der Waals surface area contributed by atoms with Gasteiger partial charge in [-0.1, -0.05) is 37.8 Å². The monoisotopic (exact) mass is 260 g/mol. The van der Waals surface area contributed by atoms with Crippen LogP contribution in [0.5, 0.6) is 5.75 Å². The van der Waals surface area contributed by atoms with Crippen LogP contribution in [0.15, 0.2) is 24.3 Å². The lowest BCUT2D eigenvalue weighted by molar-refractivity contribution is 0.0987. The summed E-state index contributed by atoms with van der Waals surface area (Å²) in [5.74, 6) is 1.39. The van der Waals surface area contributed by atoms with Gasteiger partial charge in [-0.2, -0.15) is 0 Å². The second kappa shape index (κ2) is 5.96. The molecule has 2 nitrogen and oxygen atoms in total. The smallest absolute Gasteiger partial charge is 0.119 e. The molecule has 1 aromatic rings. The first-order chi connectivity index (χ1) is 9.33. The average molecular weight is 260 g/mol. The van der Waals surface area contributed by atoms with Gasteiger partial charge in [0.2, 0.25) is 0 Å². The standard InChI is InChI=1S/C17H24O2/c18-17(13-5-3-1-2-4-6-13)14-7-9-15(10-8-14)19-16-11-12-16/h7-10,13,16-18H,1-6,11-12H2. The molecule has 104 valence electrons. The van der Waals surface area contributed by atoms with E-state index in [0.29, 0.717) is 12.0 Å². The average Bonchev–Trinajstić information content (AvgIpc) is 3.25. The number of rotatable bonds is 4. The summed E-state index contributed by atoms with van der Waals surface area (Å²) in [5.41, 5.74) is 1.05. The molecule has 2 heteroatoms. The zero-order valence-electron chi connectivity index (χ0n) is 11.6. The minimum atomic E-state index is -0.298. The molecule has 19 heavy (non-hydrogen) atoms. The Labute approximate surface area is 115 Å². The fourth-order valence-electron chi connectivity index (χ4n) is 3.02. The molecule has 2 aliphatic carbocycles. The van der Waals surface area contributed by atoms with E-state index in [1.165, 1.54) is 51.4 Å². The first kappa shape index (κ1) is 13.0. The number of aliphatic hydroxyl groups is 1. The molecule has 0 amide bonds. The first-order valence-electron chi connectivity index (χ1n) is 7.77. The van der Waals surface area contributed by atoms with Crippen molar-refractivity contribution >= 4 is 0 Å². The van der Waals surface area contributed by atoms with Gasteiger partial charge in [-0.3, -0.25) is 0 Å². The van der Waals surface area contributed by atoms with Crippen LogP contribution in [-0.2, 0) is 0 Å². The van der Waals surface area contributed by atoms with Crippen molar-refractivity contribution in [3.8, 4) is 5.75 Å². The fourth-order valence-corrected chi connectivity index (χ4v) is 3.02. The van der Waals surface area contributed by atoms with Crippen molar-refractivity contribution in [1.82, 2.24) is 0 Å². The van der Waals surface area contributed by atoms with Gasteiger partial charge < -0.3 is 9.84 Å². The van der Waals surface area contributed by atoms with Crippen LogP contribution >= 0.6 is 0 Å². The minimum Gasteiger partial charge on any atom is -0.490 e. The molecule has 0 aliphatic heterocycles. The quantitative estimate of drug-likeness (QED) is 0.821. The number of ether oxygens (including phenoxy) is 1. The summed E-state index contributed by atoms with van der Waals surface area (Å²) in [7, 11) is 0. The van der Waals surface area contributed by atoms with Crippen molar-refractivity contribution in [2.24, 2.45) is 5.92 Å². The van der Waals surface area contributed by atoms with Gasteiger partial charge in [-0.15, -0.1) is 0 Å². The Balaban J connectivity index is 1.62. The molecule has 0 bridgehead atoms. The molecule has 1 N–H and O–H groups in total. The van der Waals surface area contributed by atoms with Gasteiger partial charge in [0.1, 0.15) is 5.75 Å². The summed E-state index contributed by atoms with van der Waals surface area (Å²) in [6.45, 7) is 0. The summed E-state index contributed by atoms with van der Waals surface area (Å²) in [4.78, 5) is 0. The summed E-state index contributed by atoms with van der Waals surface area (Å²) < 4.78 is 5.74. The van der Waals surface area contributed by atoms with Crippen LogP contribution in [0.4, 0.5) is 0 Å². The molecule has 2 saturated carbocycles. The molecule has 0 radical (unpaired) electrons. The van der Waals surface area contributed by atoms with E-state index in [2.05, 4.69) is 0 Å². The number of aliphatic hydroxyl groups excluding tert-OH is 1. The van der Waals surface area contributed by atoms with Crippen molar-refractivity contribution in [1.29, 1.82) is 0 Å². The van der Waals surface area contributed by atoms with Gasteiger partial charge in [-0.05, 0) is 49.3 Å². The van der Waals surface area contributed by atoms with E-state index in [4.69, 9.17) is 4.74 Å². The molecule has 2 fully saturated rings. The van der Waals surface area contributed by atoms with Crippen molar-refractivity contribution in [2.75, 3.05) is 0 Å². The van der Waals surface area contributed by atoms with Crippen LogP contribution in [0.2, 0.25) is 0 Å². The molecule has 1 aromatic carbocycles. The van der Waals surface area contributed by atoms with Gasteiger partial charge in [0.05, 0.1) is 12.2 Å². The predicted octanol–water partition coefficient (Wildman–Crippen LogP) is 4.23. The van der Waals surface area contributed by atoms with Gasteiger partial charge in [0.15, 0.2) is 0 Å². The number of hydrogen-bond donors (Lipinski definition) is 1. The minimum absolute atomic E-state index is 0.298. The van der Waals surface area contributed by atoms with Crippen molar-refractivity contribution in [3.05, 3.63) is 29.8 Å². The third-order valence-corrected chi connectivity index (χ3v) is 4.40. The summed E-state index contributed by atoms with van der Waals surface area (Å²) in [6.07, 6.45) is 10.1. The maximum Gasteiger partial charge on any atom is 0.119 e. The van der Waals surface area contributed by atoms with E-state index in [-0.39, 0.29) is 6.10 Å². The molecule has 3 rings (SSSR count). The Morgan fingerprint density at radius 2 is 1.53 bits per heavy atom. The van der Waals surface area contributed by atoms with E-state index in [1.807, 2.05) is 24.3 Å². The predicted molar refractivity (Wildman–Crippen MR) is 76.2 cm³/mol. The Kier molecular flexibility index (Phi) is 4.07. The van der Waals surface area contributed by atoms with Crippen LogP contribution in [0.25, 0.3) is 0 Å². The van der Waals surface area contributed by atoms with Gasteiger partial charge in [0, 0.05) is 0 Å². The van der Waals surface area contributed by atoms with E-state index >= 15 is 0 Å². The second-order valence-electron chi connectivity index (χ2n) is 6.08. The zero-order valence-corrected chi connectivity index (χ0v) is 11.6. The first-order valence-corrected chi connectivity index (χ1v) is 7.77. The SMILES string of the molecule is OC(c1ccc(OC2CC2)cc1)C1CCCCCC1. The molecule has 1 unspecified atom stereocenters. The van der Waals surface area contributed by atoms with Crippen molar-refractivity contribution in [3.63, 3.8) is 0 Å². The molecule has 2 aliphatic rings. The lowest BCUT2D eigenvalue weighted by atomic mass is 9.89. The normalized spacial score (nSPS) is 22.8. The fraction of sp³-hybridized carbons (Fsp3) is 0.647. The second-order valence-corrected chi connectivity index (χ2v) is 6.08. The highest BCUT2D eigenvalue weighted by atomic mass is 16.5. The van der Waals surface area contributed by atoms with Gasteiger partial charge in [0.25, 0.3) is 0 Å². The van der Waals surface area contributed by atoms with E-state index in [1.54, 1.807) is 0 Å². The zero-order chi connectivity index (χ0) is 13.1. The molecular weight excluding hydrogens is 236 g/mol. The maximum atomic E-state index is 10.5. The van der Waals surface area contributed by atoms with Crippen molar-refractivity contribution < 1.29 is 9.84 Å². The van der Waals surface area contributed by atoms with Crippen LogP contribution in [0.3, 0.4) is 0 Å². The lowest BCUT2D eigenvalue weighted by Crippen LogP contribution is -2.12. The topological polar surface area (TPSA) is 29.5 Å². The highest BCUT2D eigenvalue weighted by Gasteiger charge is 2.24. The Bertz CT molecular complexity index is 386. The largest absolute Gasteiger partial charge is 0.490 e. The van der Waals surface area contributed by atoms with Crippen molar-refractivity contribution in [2.45, 2.75) is 63.6 Å². The van der Waals surface area contributed by atoms with Crippen LogP contribution < -0.4 is 4.74 Å². The third kappa shape index (κ3) is 3.50. The van der Waals surface area contributed by atoms with E-state index in [0.717, 1.165) is 11.3 Å².